The quantitative estimate of drug-likeness (QED) is 0.457. The molecule has 148 valence electrons. The first kappa shape index (κ1) is 21.1. The van der Waals surface area contributed by atoms with E-state index in [1.807, 2.05) is 0 Å². The summed E-state index contributed by atoms with van der Waals surface area (Å²) in [6.07, 6.45) is -15.2. The first-order valence-electron chi connectivity index (χ1n) is 7.62. The molecule has 0 aliphatic carbocycles. The number of rotatable bonds is 2. The summed E-state index contributed by atoms with van der Waals surface area (Å²) in [5, 5.41) is 0. The lowest BCUT2D eigenvalue weighted by atomic mass is 9.89. The van der Waals surface area contributed by atoms with Gasteiger partial charge in [-0.15, -0.1) is 0 Å². The van der Waals surface area contributed by atoms with Gasteiger partial charge < -0.3 is 0 Å². The number of benzene rings is 2. The van der Waals surface area contributed by atoms with Crippen LogP contribution in [-0.2, 0) is 18.5 Å². The maximum Gasteiger partial charge on any atom is 0.417 e. The molecule has 9 heteroatoms. The monoisotopic (exact) mass is 400 g/mol. The molecule has 2 aromatic carbocycles. The third-order valence-electron chi connectivity index (χ3n) is 3.96. The van der Waals surface area contributed by atoms with Crippen molar-refractivity contribution in [3.63, 3.8) is 0 Å². The van der Waals surface area contributed by atoms with E-state index < -0.39 is 46.3 Å². The topological polar surface area (TPSA) is 0 Å². The number of hydrogen-bond donors (Lipinski definition) is 0. The Bertz CT molecular complexity index is 824. The molecule has 0 radical (unpaired) electrons. The molecule has 0 heterocycles. The standard InChI is InChI=1S/C18H13F9/c1-9(2)10-3-5-14(17(22,23)24)12(7-10)13-8-11(16(19,20)21)4-6-15(13)18(25,26)27/h3-9H,1-2H3. The van der Waals surface area contributed by atoms with Crippen molar-refractivity contribution in [2.24, 2.45) is 0 Å². The smallest absolute Gasteiger partial charge is 0.166 e. The van der Waals surface area contributed by atoms with Crippen LogP contribution >= 0.6 is 0 Å². The summed E-state index contributed by atoms with van der Waals surface area (Å²) in [4.78, 5) is 0. The van der Waals surface area contributed by atoms with Gasteiger partial charge in [-0.1, -0.05) is 26.0 Å². The minimum absolute atomic E-state index is 0.109. The summed E-state index contributed by atoms with van der Waals surface area (Å²) in [5.74, 6) is -0.342. The molecule has 0 amide bonds. The molecule has 0 atom stereocenters. The van der Waals surface area contributed by atoms with Gasteiger partial charge in [-0.05, 0) is 46.9 Å². The van der Waals surface area contributed by atoms with E-state index in [1.165, 1.54) is 0 Å². The van der Waals surface area contributed by atoms with Crippen molar-refractivity contribution < 1.29 is 39.5 Å². The summed E-state index contributed by atoms with van der Waals surface area (Å²) in [6.45, 7) is 3.20. The van der Waals surface area contributed by atoms with Gasteiger partial charge in [0, 0.05) is 0 Å². The second kappa shape index (κ2) is 6.76. The van der Waals surface area contributed by atoms with Gasteiger partial charge >= 0.3 is 18.5 Å². The SMILES string of the molecule is CC(C)c1ccc(C(F)(F)F)c(-c2cc(C(F)(F)F)ccc2C(F)(F)F)c1. The summed E-state index contributed by atoms with van der Waals surface area (Å²) >= 11 is 0. The third kappa shape index (κ3) is 4.56. The maximum absolute atomic E-state index is 13.3. The normalized spacial score (nSPS) is 13.3. The van der Waals surface area contributed by atoms with Gasteiger partial charge in [0.25, 0.3) is 0 Å². The molecular formula is C18H13F9. The zero-order chi connectivity index (χ0) is 20.8. The van der Waals surface area contributed by atoms with Crippen molar-refractivity contribution in [3.05, 3.63) is 58.7 Å². The Kier molecular flexibility index (Phi) is 5.29. The van der Waals surface area contributed by atoms with E-state index in [1.54, 1.807) is 13.8 Å². The molecule has 0 saturated carbocycles. The molecule has 0 nitrogen and oxygen atoms in total. The molecule has 0 aliphatic rings. The van der Waals surface area contributed by atoms with Crippen LogP contribution in [0.15, 0.2) is 36.4 Å². The average molecular weight is 400 g/mol. The molecule has 2 aromatic rings. The van der Waals surface area contributed by atoms with E-state index in [0.717, 1.165) is 12.1 Å². The van der Waals surface area contributed by atoms with E-state index in [9.17, 15) is 39.5 Å². The Morgan fingerprint density at radius 2 is 1.04 bits per heavy atom. The summed E-state index contributed by atoms with van der Waals surface area (Å²) in [7, 11) is 0. The van der Waals surface area contributed by atoms with E-state index in [0.29, 0.717) is 6.07 Å². The van der Waals surface area contributed by atoms with Gasteiger partial charge in [-0.2, -0.15) is 39.5 Å². The zero-order valence-corrected chi connectivity index (χ0v) is 13.9. The lowest BCUT2D eigenvalue weighted by Crippen LogP contribution is -2.14. The molecule has 0 N–H and O–H groups in total. The fourth-order valence-corrected chi connectivity index (χ4v) is 2.58. The van der Waals surface area contributed by atoms with Gasteiger partial charge in [-0.3, -0.25) is 0 Å². The van der Waals surface area contributed by atoms with Gasteiger partial charge in [0.2, 0.25) is 0 Å². The number of hydrogen-bond acceptors (Lipinski definition) is 0. The molecule has 0 bridgehead atoms. The van der Waals surface area contributed by atoms with E-state index >= 15 is 0 Å². The number of alkyl halides is 9. The first-order valence-corrected chi connectivity index (χ1v) is 7.62. The Balaban J connectivity index is 2.91. The van der Waals surface area contributed by atoms with Gasteiger partial charge in [-0.25, -0.2) is 0 Å². The molecule has 0 fully saturated rings. The average Bonchev–Trinajstić information content (AvgIpc) is 2.51. The van der Waals surface area contributed by atoms with Crippen LogP contribution in [0.25, 0.3) is 11.1 Å². The second-order valence-corrected chi connectivity index (χ2v) is 6.21. The molecule has 27 heavy (non-hydrogen) atoms. The van der Waals surface area contributed by atoms with E-state index in [2.05, 4.69) is 0 Å². The maximum atomic E-state index is 13.3. The fourth-order valence-electron chi connectivity index (χ4n) is 2.58. The Morgan fingerprint density at radius 1 is 0.593 bits per heavy atom. The fraction of sp³-hybridized carbons (Fsp3) is 0.333. The highest BCUT2D eigenvalue weighted by Crippen LogP contribution is 2.45. The minimum Gasteiger partial charge on any atom is -0.166 e. The molecule has 0 saturated heterocycles. The van der Waals surface area contributed by atoms with Crippen LogP contribution in [0, 0.1) is 0 Å². The van der Waals surface area contributed by atoms with Crippen LogP contribution in [0.5, 0.6) is 0 Å². The first-order chi connectivity index (χ1) is 12.1. The van der Waals surface area contributed by atoms with Gasteiger partial charge in [0.05, 0.1) is 16.7 Å². The summed E-state index contributed by atoms with van der Waals surface area (Å²) < 4.78 is 119. The van der Waals surface area contributed by atoms with Crippen molar-refractivity contribution in [2.75, 3.05) is 0 Å². The van der Waals surface area contributed by atoms with Gasteiger partial charge in [0.15, 0.2) is 0 Å². The zero-order valence-electron chi connectivity index (χ0n) is 13.9. The van der Waals surface area contributed by atoms with Crippen LogP contribution < -0.4 is 0 Å². The van der Waals surface area contributed by atoms with Crippen molar-refractivity contribution >= 4 is 0 Å². The van der Waals surface area contributed by atoms with Crippen molar-refractivity contribution in [3.8, 4) is 11.1 Å². The third-order valence-corrected chi connectivity index (χ3v) is 3.96. The molecule has 2 rings (SSSR count). The lowest BCUT2D eigenvalue weighted by molar-refractivity contribution is -0.141. The second-order valence-electron chi connectivity index (χ2n) is 6.21. The van der Waals surface area contributed by atoms with Crippen LogP contribution in [0.4, 0.5) is 39.5 Å². The summed E-state index contributed by atoms with van der Waals surface area (Å²) in [6, 6.07) is 3.00. The van der Waals surface area contributed by atoms with Crippen molar-refractivity contribution in [1.29, 1.82) is 0 Å². The number of halogens is 9. The van der Waals surface area contributed by atoms with E-state index in [-0.39, 0.29) is 29.7 Å². The summed E-state index contributed by atoms with van der Waals surface area (Å²) in [5.41, 5.74) is -6.30. The highest BCUT2D eigenvalue weighted by molar-refractivity contribution is 5.73. The predicted octanol–water partition coefficient (Wildman–Crippen LogP) is 7.53. The molecule has 0 aliphatic heterocycles. The van der Waals surface area contributed by atoms with Crippen LogP contribution in [0.3, 0.4) is 0 Å². The molecule has 0 unspecified atom stereocenters. The Labute approximate surface area is 148 Å². The van der Waals surface area contributed by atoms with Crippen molar-refractivity contribution in [2.45, 2.75) is 38.3 Å². The van der Waals surface area contributed by atoms with Crippen LogP contribution in [0.2, 0.25) is 0 Å². The molecule has 0 aromatic heterocycles. The predicted molar refractivity (Wildman–Crippen MR) is 81.0 cm³/mol. The van der Waals surface area contributed by atoms with Crippen LogP contribution in [-0.4, -0.2) is 0 Å². The van der Waals surface area contributed by atoms with Crippen LogP contribution in [0.1, 0.15) is 42.0 Å². The van der Waals surface area contributed by atoms with E-state index in [4.69, 9.17) is 0 Å². The van der Waals surface area contributed by atoms with Crippen molar-refractivity contribution in [1.82, 2.24) is 0 Å². The highest BCUT2D eigenvalue weighted by Gasteiger charge is 2.40. The highest BCUT2D eigenvalue weighted by atomic mass is 19.4. The largest absolute Gasteiger partial charge is 0.417 e. The van der Waals surface area contributed by atoms with Gasteiger partial charge in [0.1, 0.15) is 0 Å². The Morgan fingerprint density at radius 3 is 1.44 bits per heavy atom. The molecular weight excluding hydrogens is 387 g/mol. The Hall–Kier alpha value is -2.19. The lowest BCUT2D eigenvalue weighted by Gasteiger charge is -2.20. The molecule has 0 spiro atoms. The minimum atomic E-state index is -5.13.